The van der Waals surface area contributed by atoms with Crippen molar-refractivity contribution in [2.75, 3.05) is 0 Å². The first kappa shape index (κ1) is 24.2. The molecule has 174 valence electrons. The van der Waals surface area contributed by atoms with Crippen LogP contribution in [-0.2, 0) is 9.53 Å². The molecule has 6 nitrogen and oxygen atoms in total. The zero-order chi connectivity index (χ0) is 24.0. The van der Waals surface area contributed by atoms with Crippen molar-refractivity contribution >= 4 is 17.4 Å². The van der Waals surface area contributed by atoms with E-state index in [-0.39, 0.29) is 12.0 Å². The van der Waals surface area contributed by atoms with Gasteiger partial charge in [0.2, 0.25) is 0 Å². The van der Waals surface area contributed by atoms with Crippen molar-refractivity contribution in [1.82, 2.24) is 4.98 Å². The SMILES string of the molecule is C=CC1=C(/C=C(\C=C)C(C2CC2)[C@H](C)C(=O)O)OC(C(C)=N/C=C(\N)c2ccncc2)CC1. The van der Waals surface area contributed by atoms with E-state index >= 15 is 0 Å². The lowest BCUT2D eigenvalue weighted by Gasteiger charge is -2.28. The first-order valence-corrected chi connectivity index (χ1v) is 11.3. The van der Waals surface area contributed by atoms with E-state index in [1.807, 2.05) is 31.2 Å². The Morgan fingerprint density at radius 1 is 1.30 bits per heavy atom. The van der Waals surface area contributed by atoms with Crippen molar-refractivity contribution in [2.24, 2.45) is 28.5 Å². The molecule has 2 aliphatic rings. The molecule has 0 aromatic carbocycles. The summed E-state index contributed by atoms with van der Waals surface area (Å²) in [6, 6.07) is 3.67. The Morgan fingerprint density at radius 3 is 2.58 bits per heavy atom. The Bertz CT molecular complexity index is 1020. The van der Waals surface area contributed by atoms with Crippen LogP contribution in [0.4, 0.5) is 0 Å². The zero-order valence-electron chi connectivity index (χ0n) is 19.4. The lowest BCUT2D eigenvalue weighted by molar-refractivity contribution is -0.142. The molecule has 1 aliphatic carbocycles. The van der Waals surface area contributed by atoms with Gasteiger partial charge in [0.1, 0.15) is 11.9 Å². The molecule has 6 heteroatoms. The molecule has 1 aliphatic heterocycles. The number of rotatable bonds is 10. The fraction of sp³-hybridized carbons (Fsp3) is 0.370. The van der Waals surface area contributed by atoms with Crippen molar-refractivity contribution in [3.63, 3.8) is 0 Å². The van der Waals surface area contributed by atoms with Crippen LogP contribution in [0.25, 0.3) is 5.70 Å². The van der Waals surface area contributed by atoms with Crippen molar-refractivity contribution in [3.05, 3.63) is 84.6 Å². The number of hydrogen-bond acceptors (Lipinski definition) is 5. The summed E-state index contributed by atoms with van der Waals surface area (Å²) in [5.41, 5.74) is 10.3. The smallest absolute Gasteiger partial charge is 0.306 e. The van der Waals surface area contributed by atoms with Crippen molar-refractivity contribution in [1.29, 1.82) is 0 Å². The number of carbonyl (C=O) groups is 1. The van der Waals surface area contributed by atoms with Gasteiger partial charge in [0.25, 0.3) is 0 Å². The van der Waals surface area contributed by atoms with E-state index < -0.39 is 11.9 Å². The molecule has 0 spiro atoms. The summed E-state index contributed by atoms with van der Waals surface area (Å²) in [6.45, 7) is 11.6. The monoisotopic (exact) mass is 447 g/mol. The molecule has 3 rings (SSSR count). The molecule has 3 N–H and O–H groups in total. The number of pyridine rings is 1. The molecular weight excluding hydrogens is 414 g/mol. The normalized spacial score (nSPS) is 21.8. The molecule has 0 radical (unpaired) electrons. The second-order valence-corrected chi connectivity index (χ2v) is 8.67. The van der Waals surface area contributed by atoms with Gasteiger partial charge in [-0.25, -0.2) is 0 Å². The predicted molar refractivity (Wildman–Crippen MR) is 132 cm³/mol. The van der Waals surface area contributed by atoms with Crippen LogP contribution in [0, 0.1) is 17.8 Å². The van der Waals surface area contributed by atoms with Crippen LogP contribution < -0.4 is 5.73 Å². The number of ether oxygens (including phenoxy) is 1. The Hall–Kier alpha value is -3.41. The largest absolute Gasteiger partial charge is 0.484 e. The summed E-state index contributed by atoms with van der Waals surface area (Å²) in [5.74, 6) is -0.280. The first-order valence-electron chi connectivity index (χ1n) is 11.3. The highest BCUT2D eigenvalue weighted by Crippen LogP contribution is 2.45. The van der Waals surface area contributed by atoms with Crippen LogP contribution in [0.15, 0.2) is 84.0 Å². The molecule has 1 aromatic heterocycles. The standard InChI is InChI=1S/C27H33N3O3/c1-5-19-9-10-24(18(4)30-16-23(28)21-11-13-29-14-12-21)33-25(19)15-20(6-2)26(22-7-8-22)17(3)27(31)32/h5-6,11-17,22,24,26H,1-2,7-10,28H2,3-4H3,(H,31,32)/b20-15+,23-16-,30-18?/t17-,24?,26?/m0/s1. The van der Waals surface area contributed by atoms with Crippen LogP contribution in [0.2, 0.25) is 0 Å². The molecular formula is C27H33N3O3. The van der Waals surface area contributed by atoms with Gasteiger partial charge in [-0.3, -0.25) is 14.8 Å². The quantitative estimate of drug-likeness (QED) is 0.376. The molecule has 1 saturated carbocycles. The van der Waals surface area contributed by atoms with E-state index in [2.05, 4.69) is 23.1 Å². The molecule has 2 unspecified atom stereocenters. The Kier molecular flexibility index (Phi) is 8.04. The van der Waals surface area contributed by atoms with E-state index in [1.165, 1.54) is 0 Å². The van der Waals surface area contributed by atoms with E-state index in [0.29, 0.717) is 17.4 Å². The number of aliphatic carboxylic acids is 1. The lowest BCUT2D eigenvalue weighted by atomic mass is 9.82. The van der Waals surface area contributed by atoms with E-state index in [4.69, 9.17) is 10.5 Å². The second-order valence-electron chi connectivity index (χ2n) is 8.67. The summed E-state index contributed by atoms with van der Waals surface area (Å²) in [6.07, 6.45) is 14.0. The Balaban J connectivity index is 1.84. The van der Waals surface area contributed by atoms with Gasteiger partial charge < -0.3 is 15.6 Å². The Morgan fingerprint density at radius 2 is 2.00 bits per heavy atom. The van der Waals surface area contributed by atoms with Crippen LogP contribution in [0.5, 0.6) is 0 Å². The minimum atomic E-state index is -0.790. The Labute approximate surface area is 196 Å². The molecule has 33 heavy (non-hydrogen) atoms. The van der Waals surface area contributed by atoms with Gasteiger partial charge in [-0.1, -0.05) is 32.2 Å². The summed E-state index contributed by atoms with van der Waals surface area (Å²) < 4.78 is 6.34. The number of allylic oxidation sites excluding steroid dienone is 5. The number of hydrogen-bond donors (Lipinski definition) is 2. The number of nitrogens with two attached hydrogens (primary N) is 1. The minimum Gasteiger partial charge on any atom is -0.484 e. The third kappa shape index (κ3) is 6.09. The van der Waals surface area contributed by atoms with Crippen LogP contribution >= 0.6 is 0 Å². The maximum absolute atomic E-state index is 11.7. The van der Waals surface area contributed by atoms with Gasteiger partial charge in [-0.05, 0) is 73.8 Å². The molecule has 2 heterocycles. The van der Waals surface area contributed by atoms with Gasteiger partial charge in [0, 0.05) is 18.0 Å². The van der Waals surface area contributed by atoms with E-state index in [1.54, 1.807) is 31.6 Å². The van der Waals surface area contributed by atoms with Gasteiger partial charge in [-0.2, -0.15) is 0 Å². The highest BCUT2D eigenvalue weighted by atomic mass is 16.5. The third-order valence-corrected chi connectivity index (χ3v) is 6.37. The maximum Gasteiger partial charge on any atom is 0.306 e. The van der Waals surface area contributed by atoms with E-state index in [9.17, 15) is 9.90 Å². The zero-order valence-corrected chi connectivity index (χ0v) is 19.4. The number of nitrogens with zero attached hydrogens (tertiary/aromatic N) is 2. The first-order chi connectivity index (χ1) is 15.8. The number of carboxylic acids is 1. The van der Waals surface area contributed by atoms with Crippen LogP contribution in [0.1, 0.15) is 45.1 Å². The minimum absolute atomic E-state index is 0.0830. The molecule has 0 amide bonds. The highest BCUT2D eigenvalue weighted by molar-refractivity contribution is 5.88. The van der Waals surface area contributed by atoms with Crippen molar-refractivity contribution in [3.8, 4) is 0 Å². The van der Waals surface area contributed by atoms with Gasteiger partial charge in [0.05, 0.1) is 23.5 Å². The molecule has 1 fully saturated rings. The second kappa shape index (κ2) is 10.9. The third-order valence-electron chi connectivity index (χ3n) is 6.37. The van der Waals surface area contributed by atoms with Gasteiger partial charge >= 0.3 is 5.97 Å². The average molecular weight is 448 g/mol. The fourth-order valence-electron chi connectivity index (χ4n) is 4.22. The van der Waals surface area contributed by atoms with Crippen LogP contribution in [0.3, 0.4) is 0 Å². The molecule has 0 saturated heterocycles. The van der Waals surface area contributed by atoms with Crippen LogP contribution in [-0.4, -0.2) is 27.9 Å². The van der Waals surface area contributed by atoms with Gasteiger partial charge in [0.15, 0.2) is 0 Å². The molecule has 1 aromatic rings. The van der Waals surface area contributed by atoms with Gasteiger partial charge in [-0.15, -0.1) is 0 Å². The average Bonchev–Trinajstić information content (AvgIpc) is 3.67. The summed E-state index contributed by atoms with van der Waals surface area (Å²) in [4.78, 5) is 20.3. The predicted octanol–water partition coefficient (Wildman–Crippen LogP) is 5.28. The fourth-order valence-corrected chi connectivity index (χ4v) is 4.22. The van der Waals surface area contributed by atoms with E-state index in [0.717, 1.165) is 48.1 Å². The topological polar surface area (TPSA) is 97.8 Å². The molecule has 3 atom stereocenters. The molecule has 0 bridgehead atoms. The van der Waals surface area contributed by atoms with Crippen molar-refractivity contribution in [2.45, 2.75) is 45.6 Å². The summed E-state index contributed by atoms with van der Waals surface area (Å²) in [7, 11) is 0. The summed E-state index contributed by atoms with van der Waals surface area (Å²) >= 11 is 0. The highest BCUT2D eigenvalue weighted by Gasteiger charge is 2.39. The maximum atomic E-state index is 11.7. The number of carboxylic acid groups (broad SMARTS) is 1. The van der Waals surface area contributed by atoms with Crippen molar-refractivity contribution < 1.29 is 14.6 Å². The summed E-state index contributed by atoms with van der Waals surface area (Å²) in [5, 5.41) is 9.62. The lowest BCUT2D eigenvalue weighted by Crippen LogP contribution is -2.26. The number of aromatic nitrogens is 1. The number of aliphatic imine (C=N–C) groups is 1.